The first-order valence-corrected chi connectivity index (χ1v) is 10.2. The van der Waals surface area contributed by atoms with Gasteiger partial charge in [0.05, 0.1) is 32.3 Å². The standard InChI is InChI=1S/C19H24N4O5S/c24-12-15-2-1-7-21(15)17(29)20-10-16-11-23(19(26)28-16)14-5-3-13(4-6-14)22-8-9-27-18(22)25/h3-6,15-16,24H,1-2,7-12H2,(H,20,29). The number of aliphatic hydroxyl groups is 1. The zero-order valence-corrected chi connectivity index (χ0v) is 16.8. The maximum absolute atomic E-state index is 12.3. The number of nitrogens with zero attached hydrogens (tertiary/aromatic N) is 3. The van der Waals surface area contributed by atoms with Gasteiger partial charge in [-0.05, 0) is 49.3 Å². The maximum Gasteiger partial charge on any atom is 0.414 e. The van der Waals surface area contributed by atoms with E-state index in [1.54, 1.807) is 34.1 Å². The second-order valence-electron chi connectivity index (χ2n) is 7.26. The highest BCUT2D eigenvalue weighted by Gasteiger charge is 2.33. The predicted octanol–water partition coefficient (Wildman–Crippen LogP) is 1.30. The zero-order valence-electron chi connectivity index (χ0n) is 16.0. The first kappa shape index (κ1) is 19.7. The summed E-state index contributed by atoms with van der Waals surface area (Å²) in [5.41, 5.74) is 1.44. The van der Waals surface area contributed by atoms with Gasteiger partial charge in [-0.25, -0.2) is 9.59 Å². The molecule has 2 amide bonds. The van der Waals surface area contributed by atoms with Crippen molar-refractivity contribution in [2.24, 2.45) is 0 Å². The summed E-state index contributed by atoms with van der Waals surface area (Å²) in [4.78, 5) is 29.1. The third-order valence-corrected chi connectivity index (χ3v) is 5.82. The van der Waals surface area contributed by atoms with E-state index in [4.69, 9.17) is 21.7 Å². The van der Waals surface area contributed by atoms with Crippen LogP contribution in [-0.2, 0) is 9.47 Å². The van der Waals surface area contributed by atoms with Gasteiger partial charge in [-0.3, -0.25) is 9.80 Å². The Hall–Kier alpha value is -2.59. The van der Waals surface area contributed by atoms with E-state index in [0.717, 1.165) is 25.1 Å². The van der Waals surface area contributed by atoms with E-state index >= 15 is 0 Å². The Kier molecular flexibility index (Phi) is 5.72. The molecule has 1 aromatic carbocycles. The summed E-state index contributed by atoms with van der Waals surface area (Å²) in [7, 11) is 0. The van der Waals surface area contributed by atoms with Crippen LogP contribution in [0.3, 0.4) is 0 Å². The third kappa shape index (κ3) is 4.08. The van der Waals surface area contributed by atoms with Crippen molar-refractivity contribution in [2.75, 3.05) is 49.2 Å². The Labute approximate surface area is 174 Å². The number of hydrogen-bond donors (Lipinski definition) is 2. The smallest absolute Gasteiger partial charge is 0.414 e. The quantitative estimate of drug-likeness (QED) is 0.689. The van der Waals surface area contributed by atoms with Crippen molar-refractivity contribution in [3.8, 4) is 0 Å². The molecule has 1 aromatic rings. The number of nitrogens with one attached hydrogen (secondary N) is 1. The molecule has 10 heteroatoms. The largest absolute Gasteiger partial charge is 0.447 e. The number of cyclic esters (lactones) is 2. The van der Waals surface area contributed by atoms with Gasteiger partial charge in [0, 0.05) is 17.9 Å². The van der Waals surface area contributed by atoms with Crippen LogP contribution >= 0.6 is 12.2 Å². The second kappa shape index (κ2) is 8.42. The predicted molar refractivity (Wildman–Crippen MR) is 110 cm³/mol. The summed E-state index contributed by atoms with van der Waals surface area (Å²) in [5, 5.41) is 13.2. The van der Waals surface area contributed by atoms with Crippen molar-refractivity contribution < 1.29 is 24.2 Å². The molecule has 0 spiro atoms. The lowest BCUT2D eigenvalue weighted by Crippen LogP contribution is -2.46. The van der Waals surface area contributed by atoms with Gasteiger partial charge < -0.3 is 24.8 Å². The molecule has 3 heterocycles. The molecule has 0 radical (unpaired) electrons. The highest BCUT2D eigenvalue weighted by molar-refractivity contribution is 7.80. The topological polar surface area (TPSA) is 94.6 Å². The summed E-state index contributed by atoms with van der Waals surface area (Å²) < 4.78 is 10.4. The lowest BCUT2D eigenvalue weighted by Gasteiger charge is -2.26. The summed E-state index contributed by atoms with van der Waals surface area (Å²) in [6, 6.07) is 7.22. The minimum absolute atomic E-state index is 0.0593. The van der Waals surface area contributed by atoms with Gasteiger partial charge in [0.15, 0.2) is 5.11 Å². The van der Waals surface area contributed by atoms with E-state index in [-0.39, 0.29) is 24.8 Å². The number of hydrogen-bond acceptors (Lipinski definition) is 6. The molecule has 2 unspecified atom stereocenters. The maximum atomic E-state index is 12.3. The molecule has 3 aliphatic rings. The van der Waals surface area contributed by atoms with E-state index in [9.17, 15) is 14.7 Å². The lowest BCUT2D eigenvalue weighted by atomic mass is 10.2. The molecule has 3 saturated heterocycles. The highest BCUT2D eigenvalue weighted by Crippen LogP contribution is 2.26. The van der Waals surface area contributed by atoms with Crippen molar-refractivity contribution >= 4 is 40.9 Å². The van der Waals surface area contributed by atoms with Crippen LogP contribution in [0.4, 0.5) is 21.0 Å². The molecular weight excluding hydrogens is 396 g/mol. The Balaban J connectivity index is 1.32. The number of aliphatic hydroxyl groups excluding tert-OH is 1. The van der Waals surface area contributed by atoms with Crippen LogP contribution < -0.4 is 15.1 Å². The molecule has 9 nitrogen and oxygen atoms in total. The number of anilines is 2. The van der Waals surface area contributed by atoms with Gasteiger partial charge in [0.25, 0.3) is 0 Å². The molecule has 4 rings (SSSR count). The Morgan fingerprint density at radius 1 is 1.14 bits per heavy atom. The average Bonchev–Trinajstić information content (AvgIpc) is 3.46. The molecule has 3 aliphatic heterocycles. The molecule has 156 valence electrons. The van der Waals surface area contributed by atoms with Crippen LogP contribution in [0.1, 0.15) is 12.8 Å². The summed E-state index contributed by atoms with van der Waals surface area (Å²) in [5.74, 6) is 0. The number of carbonyl (C=O) groups excluding carboxylic acids is 2. The minimum Gasteiger partial charge on any atom is -0.447 e. The molecule has 29 heavy (non-hydrogen) atoms. The van der Waals surface area contributed by atoms with Gasteiger partial charge >= 0.3 is 12.2 Å². The number of thiocarbonyl (C=S) groups is 1. The van der Waals surface area contributed by atoms with E-state index < -0.39 is 6.09 Å². The number of carbonyl (C=O) groups is 2. The Morgan fingerprint density at radius 3 is 2.52 bits per heavy atom. The fourth-order valence-corrected chi connectivity index (χ4v) is 4.20. The number of benzene rings is 1. The zero-order chi connectivity index (χ0) is 20.4. The van der Waals surface area contributed by atoms with Crippen molar-refractivity contribution in [1.29, 1.82) is 0 Å². The molecule has 2 N–H and O–H groups in total. The molecular formula is C19H24N4O5S. The van der Waals surface area contributed by atoms with E-state index in [0.29, 0.717) is 37.0 Å². The van der Waals surface area contributed by atoms with Crippen molar-refractivity contribution in [1.82, 2.24) is 10.2 Å². The first-order chi connectivity index (χ1) is 14.1. The Morgan fingerprint density at radius 2 is 1.86 bits per heavy atom. The van der Waals surface area contributed by atoms with E-state index in [2.05, 4.69) is 5.32 Å². The summed E-state index contributed by atoms with van der Waals surface area (Å²) in [6.07, 6.45) is 0.830. The van der Waals surface area contributed by atoms with Crippen molar-refractivity contribution in [3.05, 3.63) is 24.3 Å². The second-order valence-corrected chi connectivity index (χ2v) is 7.64. The van der Waals surface area contributed by atoms with Gasteiger partial charge in [-0.1, -0.05) is 0 Å². The van der Waals surface area contributed by atoms with Gasteiger partial charge in [0.1, 0.15) is 12.7 Å². The monoisotopic (exact) mass is 420 g/mol. The minimum atomic E-state index is -0.412. The number of rotatable bonds is 5. The van der Waals surface area contributed by atoms with Crippen LogP contribution in [0, 0.1) is 0 Å². The van der Waals surface area contributed by atoms with Gasteiger partial charge in [0.2, 0.25) is 0 Å². The SMILES string of the molecule is O=C1OCCN1c1ccc(N2CC(CNC(=S)N3CCCC3CO)OC2=O)cc1. The van der Waals surface area contributed by atoms with Crippen LogP contribution in [0.25, 0.3) is 0 Å². The van der Waals surface area contributed by atoms with Crippen molar-refractivity contribution in [2.45, 2.75) is 25.0 Å². The molecule has 2 atom stereocenters. The van der Waals surface area contributed by atoms with Crippen LogP contribution in [-0.4, -0.2) is 78.8 Å². The number of likely N-dealkylation sites (tertiary alicyclic amines) is 1. The lowest BCUT2D eigenvalue weighted by molar-refractivity contribution is 0.142. The highest BCUT2D eigenvalue weighted by atomic mass is 32.1. The molecule has 0 aliphatic carbocycles. The average molecular weight is 420 g/mol. The first-order valence-electron chi connectivity index (χ1n) is 9.74. The molecule has 0 bridgehead atoms. The van der Waals surface area contributed by atoms with Crippen LogP contribution in [0.15, 0.2) is 24.3 Å². The normalized spacial score (nSPS) is 24.1. The van der Waals surface area contributed by atoms with E-state index in [1.807, 2.05) is 4.90 Å². The van der Waals surface area contributed by atoms with Gasteiger partial charge in [-0.2, -0.15) is 0 Å². The van der Waals surface area contributed by atoms with Crippen molar-refractivity contribution in [3.63, 3.8) is 0 Å². The van der Waals surface area contributed by atoms with Crippen LogP contribution in [0.5, 0.6) is 0 Å². The number of amides is 2. The summed E-state index contributed by atoms with van der Waals surface area (Å²) in [6.45, 7) is 2.62. The number of ether oxygens (including phenoxy) is 2. The Bertz CT molecular complexity index is 789. The fraction of sp³-hybridized carbons (Fsp3) is 0.526. The van der Waals surface area contributed by atoms with E-state index in [1.165, 1.54) is 0 Å². The fourth-order valence-electron chi connectivity index (χ4n) is 3.87. The molecule has 0 aromatic heterocycles. The van der Waals surface area contributed by atoms with Gasteiger partial charge in [-0.15, -0.1) is 0 Å². The molecule has 3 fully saturated rings. The molecule has 0 saturated carbocycles. The summed E-state index contributed by atoms with van der Waals surface area (Å²) >= 11 is 5.43. The van der Waals surface area contributed by atoms with Crippen LogP contribution in [0.2, 0.25) is 0 Å². The third-order valence-electron chi connectivity index (χ3n) is 5.44.